The SMILES string of the molecule is NC1C(Cc2ccc(Cl)cc2)CCN1c1ccc2nccnc2c1. The monoisotopic (exact) mass is 338 g/mol. The maximum Gasteiger partial charge on any atom is 0.0907 e. The van der Waals surface area contributed by atoms with Gasteiger partial charge >= 0.3 is 0 Å². The fraction of sp³-hybridized carbons (Fsp3) is 0.263. The van der Waals surface area contributed by atoms with Crippen LogP contribution >= 0.6 is 11.6 Å². The van der Waals surface area contributed by atoms with Gasteiger partial charge in [0.15, 0.2) is 0 Å². The van der Waals surface area contributed by atoms with E-state index in [0.29, 0.717) is 5.92 Å². The largest absolute Gasteiger partial charge is 0.356 e. The van der Waals surface area contributed by atoms with Gasteiger partial charge in [-0.3, -0.25) is 9.97 Å². The van der Waals surface area contributed by atoms with Gasteiger partial charge in [0.25, 0.3) is 0 Å². The highest BCUT2D eigenvalue weighted by atomic mass is 35.5. The van der Waals surface area contributed by atoms with Crippen molar-refractivity contribution < 1.29 is 0 Å². The normalized spacial score (nSPS) is 20.7. The molecule has 5 heteroatoms. The van der Waals surface area contributed by atoms with Crippen LogP contribution in [0.1, 0.15) is 12.0 Å². The number of rotatable bonds is 3. The summed E-state index contributed by atoms with van der Waals surface area (Å²) in [6, 6.07) is 14.2. The first kappa shape index (κ1) is 15.4. The van der Waals surface area contributed by atoms with E-state index >= 15 is 0 Å². The number of fused-ring (bicyclic) bond motifs is 1. The summed E-state index contributed by atoms with van der Waals surface area (Å²) in [7, 11) is 0. The van der Waals surface area contributed by atoms with Crippen LogP contribution in [0, 0.1) is 5.92 Å². The standard InChI is InChI=1S/C19H19ClN4/c20-15-3-1-13(2-4-15)11-14-7-10-24(19(14)21)16-5-6-17-18(12-16)23-9-8-22-17/h1-6,8-9,12,14,19H,7,10-11,21H2. The number of nitrogens with two attached hydrogens (primary N) is 1. The number of hydrogen-bond acceptors (Lipinski definition) is 4. The van der Waals surface area contributed by atoms with E-state index in [1.165, 1.54) is 5.56 Å². The van der Waals surface area contributed by atoms with Gasteiger partial charge in [-0.05, 0) is 54.7 Å². The van der Waals surface area contributed by atoms with Crippen molar-refractivity contribution in [3.63, 3.8) is 0 Å². The molecule has 0 spiro atoms. The lowest BCUT2D eigenvalue weighted by Gasteiger charge is -2.26. The maximum atomic E-state index is 6.54. The summed E-state index contributed by atoms with van der Waals surface area (Å²) in [5.41, 5.74) is 10.8. The third-order valence-electron chi connectivity index (χ3n) is 4.78. The number of halogens is 1. The highest BCUT2D eigenvalue weighted by molar-refractivity contribution is 6.30. The smallest absolute Gasteiger partial charge is 0.0907 e. The molecule has 2 heterocycles. The molecule has 0 amide bonds. The topological polar surface area (TPSA) is 55.0 Å². The molecule has 0 aliphatic carbocycles. The first-order valence-electron chi connectivity index (χ1n) is 8.18. The van der Waals surface area contributed by atoms with Crippen LogP contribution in [0.15, 0.2) is 54.9 Å². The van der Waals surface area contributed by atoms with E-state index < -0.39 is 0 Å². The average Bonchev–Trinajstić information content (AvgIpc) is 2.97. The van der Waals surface area contributed by atoms with Crippen LogP contribution in [-0.4, -0.2) is 22.7 Å². The molecule has 2 unspecified atom stereocenters. The molecule has 4 nitrogen and oxygen atoms in total. The fourth-order valence-corrected chi connectivity index (χ4v) is 3.58. The van der Waals surface area contributed by atoms with Crippen molar-refractivity contribution in [2.75, 3.05) is 11.4 Å². The lowest BCUT2D eigenvalue weighted by Crippen LogP contribution is -2.41. The first-order chi connectivity index (χ1) is 11.7. The summed E-state index contributed by atoms with van der Waals surface area (Å²) in [4.78, 5) is 11.0. The van der Waals surface area contributed by atoms with Gasteiger partial charge in [0.1, 0.15) is 0 Å². The minimum Gasteiger partial charge on any atom is -0.356 e. The van der Waals surface area contributed by atoms with Crippen molar-refractivity contribution in [1.82, 2.24) is 9.97 Å². The summed E-state index contributed by atoms with van der Waals surface area (Å²) >= 11 is 5.96. The van der Waals surface area contributed by atoms with Gasteiger partial charge in [-0.2, -0.15) is 0 Å². The number of hydrogen-bond donors (Lipinski definition) is 1. The summed E-state index contributed by atoms with van der Waals surface area (Å²) in [5.74, 6) is 0.434. The summed E-state index contributed by atoms with van der Waals surface area (Å²) in [6.07, 6.45) is 5.50. The number of nitrogens with zero attached hydrogens (tertiary/aromatic N) is 3. The van der Waals surface area contributed by atoms with Crippen LogP contribution in [0.5, 0.6) is 0 Å². The molecule has 1 aromatic heterocycles. The van der Waals surface area contributed by atoms with Crippen LogP contribution in [0.25, 0.3) is 11.0 Å². The Morgan fingerprint density at radius 3 is 2.58 bits per heavy atom. The van der Waals surface area contributed by atoms with E-state index in [4.69, 9.17) is 17.3 Å². The van der Waals surface area contributed by atoms with Crippen LogP contribution < -0.4 is 10.6 Å². The Hall–Kier alpha value is -2.17. The molecule has 1 aliphatic heterocycles. The summed E-state index contributed by atoms with van der Waals surface area (Å²) < 4.78 is 0. The number of anilines is 1. The maximum absolute atomic E-state index is 6.54. The van der Waals surface area contributed by atoms with Gasteiger partial charge in [-0.25, -0.2) is 0 Å². The quantitative estimate of drug-likeness (QED) is 0.792. The molecule has 4 rings (SSSR count). The Morgan fingerprint density at radius 2 is 1.79 bits per heavy atom. The van der Waals surface area contributed by atoms with Crippen molar-refractivity contribution >= 4 is 28.3 Å². The van der Waals surface area contributed by atoms with Crippen LogP contribution in [0.3, 0.4) is 0 Å². The summed E-state index contributed by atoms with van der Waals surface area (Å²) in [5, 5.41) is 0.772. The Balaban J connectivity index is 1.53. The van der Waals surface area contributed by atoms with E-state index in [1.807, 2.05) is 18.2 Å². The van der Waals surface area contributed by atoms with E-state index in [-0.39, 0.29) is 6.17 Å². The van der Waals surface area contributed by atoms with Gasteiger partial charge in [-0.1, -0.05) is 23.7 Å². The predicted molar refractivity (Wildman–Crippen MR) is 98.1 cm³/mol. The molecule has 0 bridgehead atoms. The molecule has 2 N–H and O–H groups in total. The summed E-state index contributed by atoms with van der Waals surface area (Å²) in [6.45, 7) is 0.963. The third kappa shape index (κ3) is 2.95. The van der Waals surface area contributed by atoms with Crippen LogP contribution in [0.2, 0.25) is 5.02 Å². The van der Waals surface area contributed by atoms with Crippen molar-refractivity contribution in [2.45, 2.75) is 19.0 Å². The lowest BCUT2D eigenvalue weighted by atomic mass is 9.96. The molecule has 2 aromatic carbocycles. The fourth-order valence-electron chi connectivity index (χ4n) is 3.46. The molecule has 24 heavy (non-hydrogen) atoms. The van der Waals surface area contributed by atoms with E-state index in [0.717, 1.165) is 41.1 Å². The van der Waals surface area contributed by atoms with Crippen molar-refractivity contribution in [1.29, 1.82) is 0 Å². The van der Waals surface area contributed by atoms with Gasteiger partial charge in [0.05, 0.1) is 17.2 Å². The molecule has 0 saturated carbocycles. The Bertz CT molecular complexity index is 849. The van der Waals surface area contributed by atoms with Crippen molar-refractivity contribution in [2.24, 2.45) is 11.7 Å². The van der Waals surface area contributed by atoms with Gasteiger partial charge in [0.2, 0.25) is 0 Å². The molecule has 0 radical (unpaired) electrons. The molecule has 2 atom stereocenters. The molecular weight excluding hydrogens is 320 g/mol. The Kier molecular flexibility index (Phi) is 4.08. The second-order valence-corrected chi connectivity index (χ2v) is 6.73. The van der Waals surface area contributed by atoms with E-state index in [9.17, 15) is 0 Å². The molecule has 1 fully saturated rings. The average molecular weight is 339 g/mol. The van der Waals surface area contributed by atoms with Gasteiger partial charge < -0.3 is 10.6 Å². The lowest BCUT2D eigenvalue weighted by molar-refractivity contribution is 0.479. The molecule has 3 aromatic rings. The zero-order valence-electron chi connectivity index (χ0n) is 13.3. The molecule has 122 valence electrons. The molecule has 1 aliphatic rings. The van der Waals surface area contributed by atoms with E-state index in [2.05, 4.69) is 39.1 Å². The highest BCUT2D eigenvalue weighted by Gasteiger charge is 2.31. The van der Waals surface area contributed by atoms with E-state index in [1.54, 1.807) is 12.4 Å². The van der Waals surface area contributed by atoms with Gasteiger partial charge in [0, 0.05) is 29.6 Å². The van der Waals surface area contributed by atoms with Crippen molar-refractivity contribution in [3.05, 3.63) is 65.4 Å². The molecule has 1 saturated heterocycles. The third-order valence-corrected chi connectivity index (χ3v) is 5.03. The minimum absolute atomic E-state index is 0.00907. The Morgan fingerprint density at radius 1 is 1.04 bits per heavy atom. The zero-order chi connectivity index (χ0) is 16.5. The predicted octanol–water partition coefficient (Wildman–Crippen LogP) is 3.64. The first-order valence-corrected chi connectivity index (χ1v) is 8.56. The van der Waals surface area contributed by atoms with Crippen LogP contribution in [0.4, 0.5) is 5.69 Å². The van der Waals surface area contributed by atoms with Crippen LogP contribution in [-0.2, 0) is 6.42 Å². The second-order valence-electron chi connectivity index (χ2n) is 6.29. The minimum atomic E-state index is 0.00907. The zero-order valence-corrected chi connectivity index (χ0v) is 14.0. The molecular formula is C19H19ClN4. The highest BCUT2D eigenvalue weighted by Crippen LogP contribution is 2.31. The number of aromatic nitrogens is 2. The second kappa shape index (κ2) is 6.38. The van der Waals surface area contributed by atoms with Crippen molar-refractivity contribution in [3.8, 4) is 0 Å². The Labute approximate surface area is 146 Å². The number of benzene rings is 2. The van der Waals surface area contributed by atoms with Gasteiger partial charge in [-0.15, -0.1) is 0 Å².